The Labute approximate surface area is 191 Å². The van der Waals surface area contributed by atoms with Crippen LogP contribution in [0.25, 0.3) is 0 Å². The van der Waals surface area contributed by atoms with Crippen LogP contribution < -0.4 is 14.8 Å². The van der Waals surface area contributed by atoms with Crippen molar-refractivity contribution in [1.29, 1.82) is 0 Å². The van der Waals surface area contributed by atoms with E-state index < -0.39 is 0 Å². The minimum absolute atomic E-state index is 0.467. The summed E-state index contributed by atoms with van der Waals surface area (Å²) in [5.74, 6) is 1.55. The molecule has 0 unspecified atom stereocenters. The number of benzene rings is 3. The molecule has 0 bridgehead atoms. The molecule has 3 aromatic rings. The molecule has 3 aromatic carbocycles. The topological polar surface area (TPSA) is 30.5 Å². The van der Waals surface area contributed by atoms with Crippen molar-refractivity contribution >= 4 is 39.9 Å². The van der Waals surface area contributed by atoms with Gasteiger partial charge in [-0.2, -0.15) is 0 Å². The Morgan fingerprint density at radius 2 is 1.69 bits per heavy atom. The Balaban J connectivity index is 1.75. The fourth-order valence-electron chi connectivity index (χ4n) is 3.06. The van der Waals surface area contributed by atoms with Crippen molar-refractivity contribution in [2.75, 3.05) is 11.9 Å². The maximum atomic E-state index is 6.10. The first kappa shape index (κ1) is 21.8. The van der Waals surface area contributed by atoms with Gasteiger partial charge in [-0.3, -0.25) is 0 Å². The van der Waals surface area contributed by atoms with Crippen molar-refractivity contribution in [2.24, 2.45) is 0 Å². The second-order valence-electron chi connectivity index (χ2n) is 6.62. The van der Waals surface area contributed by atoms with E-state index in [1.54, 1.807) is 0 Å². The fourth-order valence-corrected chi connectivity index (χ4v) is 4.01. The van der Waals surface area contributed by atoms with Crippen molar-refractivity contribution in [2.45, 2.75) is 33.4 Å². The average molecular weight is 522 g/mol. The Morgan fingerprint density at radius 1 is 0.931 bits per heavy atom. The SMILES string of the molecule is CCOc1cc(CNc2ccccc2CC)cc(I)c1OCc1ccc(Cl)cc1. The van der Waals surface area contributed by atoms with E-state index in [-0.39, 0.29) is 0 Å². The summed E-state index contributed by atoms with van der Waals surface area (Å²) in [6.45, 7) is 5.93. The summed E-state index contributed by atoms with van der Waals surface area (Å²) in [6, 6.07) is 20.3. The number of anilines is 1. The maximum absolute atomic E-state index is 6.10. The summed E-state index contributed by atoms with van der Waals surface area (Å²) in [5.41, 5.74) is 4.71. The third-order valence-corrected chi connectivity index (χ3v) is 5.60. The summed E-state index contributed by atoms with van der Waals surface area (Å²) >= 11 is 8.28. The molecule has 0 aliphatic heterocycles. The van der Waals surface area contributed by atoms with Crippen LogP contribution in [0.2, 0.25) is 5.02 Å². The molecule has 0 fully saturated rings. The van der Waals surface area contributed by atoms with Gasteiger partial charge in [0.05, 0.1) is 10.2 Å². The zero-order valence-electron chi connectivity index (χ0n) is 16.7. The molecule has 0 aliphatic rings. The van der Waals surface area contributed by atoms with Gasteiger partial charge < -0.3 is 14.8 Å². The third kappa shape index (κ3) is 6.03. The number of aryl methyl sites for hydroxylation is 1. The summed E-state index contributed by atoms with van der Waals surface area (Å²) in [7, 11) is 0. The lowest BCUT2D eigenvalue weighted by Gasteiger charge is -2.17. The Morgan fingerprint density at radius 3 is 2.41 bits per heavy atom. The highest BCUT2D eigenvalue weighted by Gasteiger charge is 2.13. The number of ether oxygens (including phenoxy) is 2. The van der Waals surface area contributed by atoms with Crippen LogP contribution in [0.3, 0.4) is 0 Å². The second kappa shape index (κ2) is 10.7. The normalized spacial score (nSPS) is 10.6. The summed E-state index contributed by atoms with van der Waals surface area (Å²) < 4.78 is 13.0. The minimum Gasteiger partial charge on any atom is -0.490 e. The predicted molar refractivity (Wildman–Crippen MR) is 129 cm³/mol. The quantitative estimate of drug-likeness (QED) is 0.305. The molecule has 3 rings (SSSR count). The Kier molecular flexibility index (Phi) is 8.07. The molecule has 3 nitrogen and oxygen atoms in total. The second-order valence-corrected chi connectivity index (χ2v) is 8.22. The molecule has 0 atom stereocenters. The largest absolute Gasteiger partial charge is 0.490 e. The van der Waals surface area contributed by atoms with Gasteiger partial charge in [0.15, 0.2) is 11.5 Å². The van der Waals surface area contributed by atoms with Crippen LogP contribution in [0, 0.1) is 3.57 Å². The Bertz CT molecular complexity index is 944. The number of rotatable bonds is 9. The molecular weight excluding hydrogens is 497 g/mol. The molecule has 0 aliphatic carbocycles. The molecule has 0 spiro atoms. The predicted octanol–water partition coefficient (Wildman–Crippen LogP) is 7.10. The highest BCUT2D eigenvalue weighted by Crippen LogP contribution is 2.35. The van der Waals surface area contributed by atoms with Crippen molar-refractivity contribution < 1.29 is 9.47 Å². The summed E-state index contributed by atoms with van der Waals surface area (Å²) in [5, 5.41) is 4.27. The van der Waals surface area contributed by atoms with Gasteiger partial charge in [-0.05, 0) is 83.0 Å². The molecule has 1 N–H and O–H groups in total. The zero-order valence-corrected chi connectivity index (χ0v) is 19.6. The molecule has 29 heavy (non-hydrogen) atoms. The standard InChI is InChI=1S/C24H25ClINO2/c1-3-19-7-5-6-8-22(19)27-15-18-13-21(26)24(23(14-18)28-4-2)29-16-17-9-11-20(25)12-10-17/h5-14,27H,3-4,15-16H2,1-2H3. The van der Waals surface area contributed by atoms with Crippen LogP contribution in [0.4, 0.5) is 5.69 Å². The van der Waals surface area contributed by atoms with Gasteiger partial charge >= 0.3 is 0 Å². The molecule has 0 saturated heterocycles. The zero-order chi connectivity index (χ0) is 20.6. The van der Waals surface area contributed by atoms with Gasteiger partial charge in [0.2, 0.25) is 0 Å². The van der Waals surface area contributed by atoms with Gasteiger partial charge in [-0.1, -0.05) is 48.9 Å². The number of nitrogens with one attached hydrogen (secondary N) is 1. The Hall–Kier alpha value is -1.92. The van der Waals surface area contributed by atoms with E-state index in [2.05, 4.69) is 71.2 Å². The minimum atomic E-state index is 0.467. The number of hydrogen-bond acceptors (Lipinski definition) is 3. The van der Waals surface area contributed by atoms with Crippen LogP contribution in [-0.4, -0.2) is 6.61 Å². The maximum Gasteiger partial charge on any atom is 0.174 e. The number of hydrogen-bond donors (Lipinski definition) is 1. The van der Waals surface area contributed by atoms with Gasteiger partial charge in [-0.25, -0.2) is 0 Å². The molecular formula is C24H25ClINO2. The lowest BCUT2D eigenvalue weighted by molar-refractivity contribution is 0.267. The molecule has 152 valence electrons. The lowest BCUT2D eigenvalue weighted by atomic mass is 10.1. The highest BCUT2D eigenvalue weighted by atomic mass is 127. The highest BCUT2D eigenvalue weighted by molar-refractivity contribution is 14.1. The van der Waals surface area contributed by atoms with Crippen LogP contribution >= 0.6 is 34.2 Å². The van der Waals surface area contributed by atoms with Crippen LogP contribution in [-0.2, 0) is 19.6 Å². The van der Waals surface area contributed by atoms with Crippen LogP contribution in [0.5, 0.6) is 11.5 Å². The monoisotopic (exact) mass is 521 g/mol. The summed E-state index contributed by atoms with van der Waals surface area (Å²) in [6.07, 6.45) is 1.00. The number of para-hydroxylation sites is 1. The van der Waals surface area contributed by atoms with Gasteiger partial charge in [0.25, 0.3) is 0 Å². The van der Waals surface area contributed by atoms with Crippen molar-refractivity contribution in [3.8, 4) is 11.5 Å². The first-order valence-corrected chi connectivity index (χ1v) is 11.2. The molecule has 0 saturated carbocycles. The fraction of sp³-hybridized carbons (Fsp3) is 0.250. The van der Waals surface area contributed by atoms with E-state index in [4.69, 9.17) is 21.1 Å². The average Bonchev–Trinajstić information content (AvgIpc) is 2.73. The van der Waals surface area contributed by atoms with Crippen molar-refractivity contribution in [3.63, 3.8) is 0 Å². The summed E-state index contributed by atoms with van der Waals surface area (Å²) in [4.78, 5) is 0. The third-order valence-electron chi connectivity index (χ3n) is 4.55. The van der Waals surface area contributed by atoms with E-state index in [0.29, 0.717) is 13.2 Å². The first-order chi connectivity index (χ1) is 14.1. The number of halogens is 2. The lowest BCUT2D eigenvalue weighted by Crippen LogP contribution is -2.05. The molecule has 5 heteroatoms. The van der Waals surface area contributed by atoms with E-state index in [1.165, 1.54) is 11.3 Å². The van der Waals surface area contributed by atoms with E-state index in [9.17, 15) is 0 Å². The van der Waals surface area contributed by atoms with Crippen LogP contribution in [0.1, 0.15) is 30.5 Å². The first-order valence-electron chi connectivity index (χ1n) is 9.75. The molecule has 0 aromatic heterocycles. The molecule has 0 heterocycles. The van der Waals surface area contributed by atoms with Gasteiger partial charge in [0, 0.05) is 17.3 Å². The van der Waals surface area contributed by atoms with Crippen LogP contribution in [0.15, 0.2) is 60.7 Å². The van der Waals surface area contributed by atoms with Crippen molar-refractivity contribution in [1.82, 2.24) is 0 Å². The molecule has 0 amide bonds. The molecule has 0 radical (unpaired) electrons. The van der Waals surface area contributed by atoms with E-state index in [0.717, 1.165) is 44.2 Å². The van der Waals surface area contributed by atoms with E-state index in [1.807, 2.05) is 31.2 Å². The van der Waals surface area contributed by atoms with Gasteiger partial charge in [0.1, 0.15) is 6.61 Å². The van der Waals surface area contributed by atoms with E-state index >= 15 is 0 Å². The smallest absolute Gasteiger partial charge is 0.174 e. The van der Waals surface area contributed by atoms with Crippen molar-refractivity contribution in [3.05, 3.63) is 85.9 Å². The van der Waals surface area contributed by atoms with Gasteiger partial charge in [-0.15, -0.1) is 0 Å².